The zero-order chi connectivity index (χ0) is 9.91. The fourth-order valence-corrected chi connectivity index (χ4v) is 0. The molecule has 11 heavy (non-hydrogen) atoms. The molecule has 0 nitrogen and oxygen atoms in total. The van der Waals surface area contributed by atoms with Crippen molar-refractivity contribution < 1.29 is 15.5 Å². The maximum absolute atomic E-state index is 5.04. The molecule has 0 spiro atoms. The van der Waals surface area contributed by atoms with Gasteiger partial charge in [-0.1, -0.05) is 0 Å². The number of thioether (sulfide) groups is 2. The van der Waals surface area contributed by atoms with E-state index in [4.69, 9.17) is 34.1 Å². The zero-order valence-corrected chi connectivity index (χ0v) is 13.9. The van der Waals surface area contributed by atoms with Crippen molar-refractivity contribution >= 4 is 57.6 Å². The minimum atomic E-state index is -3.29. The van der Waals surface area contributed by atoms with Crippen LogP contribution in [0.2, 0.25) is 0 Å². The van der Waals surface area contributed by atoms with Gasteiger partial charge in [0.25, 0.3) is 0 Å². The van der Waals surface area contributed by atoms with Crippen LogP contribution in [0.4, 0.5) is 0 Å². The minimum absolute atomic E-state index is 1.75. The van der Waals surface area contributed by atoms with Gasteiger partial charge in [0.05, 0.1) is 0 Å². The van der Waals surface area contributed by atoms with E-state index in [1.807, 2.05) is 25.0 Å². The molecule has 0 heterocycles. The van der Waals surface area contributed by atoms with Gasteiger partial charge in [0.15, 0.2) is 0 Å². The first-order valence-electron chi connectivity index (χ1n) is 2.39. The van der Waals surface area contributed by atoms with Gasteiger partial charge < -0.3 is 0 Å². The molecule has 0 aromatic carbocycles. The molecule has 0 saturated heterocycles. The van der Waals surface area contributed by atoms with Crippen molar-refractivity contribution in [3.63, 3.8) is 0 Å². The summed E-state index contributed by atoms with van der Waals surface area (Å²) >= 11 is 0.209. The van der Waals surface area contributed by atoms with E-state index in [0.717, 1.165) is 0 Å². The first-order valence-corrected chi connectivity index (χ1v) is 18.3. The van der Waals surface area contributed by atoms with Crippen LogP contribution in [0.25, 0.3) is 0 Å². The fraction of sp³-hybridized carbons (Fsp3) is 1.00. The van der Waals surface area contributed by atoms with Crippen molar-refractivity contribution in [2.24, 2.45) is 0 Å². The van der Waals surface area contributed by atoms with Gasteiger partial charge in [-0.25, -0.2) is 0 Å². The Morgan fingerprint density at radius 2 is 0.727 bits per heavy atom. The molecule has 0 aromatic heterocycles. The summed E-state index contributed by atoms with van der Waals surface area (Å²) in [7, 11) is 20.1. The van der Waals surface area contributed by atoms with Crippen molar-refractivity contribution in [1.29, 1.82) is 0 Å². The third kappa shape index (κ3) is 195. The molecule has 0 radical (unpaired) electrons. The Labute approximate surface area is 96.7 Å². The Bertz CT molecular complexity index is 50.5. The van der Waals surface area contributed by atoms with Crippen LogP contribution < -0.4 is 0 Å². The Hall–Kier alpha value is 2.74. The Morgan fingerprint density at radius 3 is 0.727 bits per heavy atom. The number of halogens is 4. The topological polar surface area (TPSA) is 0 Å². The molecule has 0 amide bonds. The molecular weight excluding hydrogens is 345 g/mol. The normalized spacial score (nSPS) is 8.73. The van der Waals surface area contributed by atoms with E-state index in [0.29, 0.717) is 0 Å². The molecule has 72 valence electrons. The average molecular weight is 357 g/mol. The van der Waals surface area contributed by atoms with Gasteiger partial charge in [0.2, 0.25) is 0 Å². The van der Waals surface area contributed by atoms with Crippen LogP contribution in [0.3, 0.4) is 0 Å². The van der Waals surface area contributed by atoms with Gasteiger partial charge in [-0.05, 0) is 25.0 Å². The first-order chi connectivity index (χ1) is 4.83. The third-order valence-electron chi connectivity index (χ3n) is 0. The van der Waals surface area contributed by atoms with E-state index in [2.05, 4.69) is 0 Å². The van der Waals surface area contributed by atoms with Crippen LogP contribution in [0.15, 0.2) is 0 Å². The Morgan fingerprint density at radius 1 is 0.727 bits per heavy atom. The first kappa shape index (κ1) is 19.3. The van der Waals surface area contributed by atoms with Crippen molar-refractivity contribution in [3.05, 3.63) is 0 Å². The molecule has 0 aliphatic carbocycles. The van der Waals surface area contributed by atoms with Crippen LogP contribution in [0.5, 0.6) is 0 Å². The zero-order valence-electron chi connectivity index (χ0n) is 6.83. The molecule has 0 rings (SSSR count). The molecule has 0 aliphatic rings. The molecule has 0 bridgehead atoms. The SMILES string of the molecule is CSC.CSC.[Cl][Zr]([Cl])([Cl])[Cl]. The van der Waals surface area contributed by atoms with Crippen molar-refractivity contribution in [2.45, 2.75) is 0 Å². The number of hydrogen-bond acceptors (Lipinski definition) is 2. The molecule has 7 heteroatoms. The second-order valence-electron chi connectivity index (χ2n) is 1.25. The van der Waals surface area contributed by atoms with Crippen molar-refractivity contribution in [3.8, 4) is 0 Å². The van der Waals surface area contributed by atoms with Gasteiger partial charge in [0.1, 0.15) is 0 Å². The fourth-order valence-electron chi connectivity index (χ4n) is 0. The summed E-state index contributed by atoms with van der Waals surface area (Å²) in [5.74, 6) is 0. The summed E-state index contributed by atoms with van der Waals surface area (Å²) in [6.45, 7) is 0. The second-order valence-corrected chi connectivity index (χ2v) is 25.3. The predicted molar refractivity (Wildman–Crippen MR) is 62.3 cm³/mol. The molecule has 0 N–H and O–H groups in total. The van der Waals surface area contributed by atoms with E-state index in [1.54, 1.807) is 23.5 Å². The standard InChI is InChI=1S/2C2H6S.4ClH.Zr/c2*1-3-2;;;;;/h2*1-2H3;4*1H;/q;;;;;;+4/p-4. The molecule has 0 aromatic rings. The molecule has 0 aliphatic heterocycles. The number of hydrogen-bond donors (Lipinski definition) is 0. The predicted octanol–water partition coefficient (Wildman–Crippen LogP) is 4.71. The van der Waals surface area contributed by atoms with Gasteiger partial charge >= 0.3 is 49.5 Å². The van der Waals surface area contributed by atoms with Gasteiger partial charge in [0, 0.05) is 0 Å². The quantitative estimate of drug-likeness (QED) is 0.616. The summed E-state index contributed by atoms with van der Waals surface area (Å²) in [6, 6.07) is 0. The van der Waals surface area contributed by atoms with E-state index in [9.17, 15) is 0 Å². The van der Waals surface area contributed by atoms with Crippen LogP contribution in [0.1, 0.15) is 0 Å². The van der Waals surface area contributed by atoms with Gasteiger partial charge in [-0.2, -0.15) is 23.5 Å². The maximum atomic E-state index is 5.04. The second kappa shape index (κ2) is 15.2. The molecule has 0 atom stereocenters. The van der Waals surface area contributed by atoms with Crippen molar-refractivity contribution in [2.75, 3.05) is 25.0 Å². The summed E-state index contributed by atoms with van der Waals surface area (Å²) in [5, 5.41) is 0. The van der Waals surface area contributed by atoms with E-state index in [1.165, 1.54) is 0 Å². The molecule has 0 fully saturated rings. The van der Waals surface area contributed by atoms with Gasteiger partial charge in [-0.15, -0.1) is 0 Å². The summed E-state index contributed by atoms with van der Waals surface area (Å²) in [4.78, 5) is 0. The third-order valence-corrected chi connectivity index (χ3v) is 0. The van der Waals surface area contributed by atoms with E-state index >= 15 is 0 Å². The molecule has 0 unspecified atom stereocenters. The van der Waals surface area contributed by atoms with E-state index < -0.39 is 15.5 Å². The Kier molecular flexibility index (Phi) is 26.8. The van der Waals surface area contributed by atoms with Crippen LogP contribution in [-0.2, 0) is 15.5 Å². The van der Waals surface area contributed by atoms with E-state index in [-0.39, 0.29) is 0 Å². The monoisotopic (exact) mass is 354 g/mol. The summed E-state index contributed by atoms with van der Waals surface area (Å²) in [5.41, 5.74) is 0. The summed E-state index contributed by atoms with van der Waals surface area (Å²) in [6.07, 6.45) is 8.17. The van der Waals surface area contributed by atoms with Gasteiger partial charge in [-0.3, -0.25) is 0 Å². The average Bonchev–Trinajstić information content (AvgIpc) is 1.62. The number of rotatable bonds is 0. The van der Waals surface area contributed by atoms with Crippen LogP contribution in [-0.4, -0.2) is 25.0 Å². The Balaban J connectivity index is -0.0000000933. The van der Waals surface area contributed by atoms with Crippen LogP contribution in [0, 0.1) is 0 Å². The molecular formula is C4H12Cl4S2Zr. The molecule has 0 saturated carbocycles. The van der Waals surface area contributed by atoms with Crippen LogP contribution >= 0.6 is 57.6 Å². The summed E-state index contributed by atoms with van der Waals surface area (Å²) < 4.78 is 0. The van der Waals surface area contributed by atoms with Crippen molar-refractivity contribution in [1.82, 2.24) is 0 Å².